The molecule has 4 heteroatoms. The Balaban J connectivity index is 1.96. The van der Waals surface area contributed by atoms with E-state index in [0.29, 0.717) is 19.4 Å². The van der Waals surface area contributed by atoms with Crippen molar-refractivity contribution in [1.82, 2.24) is 4.90 Å². The summed E-state index contributed by atoms with van der Waals surface area (Å²) >= 11 is 0. The van der Waals surface area contributed by atoms with Crippen molar-refractivity contribution in [3.8, 4) is 0 Å². The smallest absolute Gasteiger partial charge is 0.326 e. The Hall–Kier alpha value is -1.06. The molecule has 0 aromatic heterocycles. The summed E-state index contributed by atoms with van der Waals surface area (Å²) in [5.41, 5.74) is 0.0982. The zero-order valence-corrected chi connectivity index (χ0v) is 11.2. The number of carbonyl (C=O) groups excluding carboxylic acids is 1. The van der Waals surface area contributed by atoms with Gasteiger partial charge in [0.2, 0.25) is 5.91 Å². The molecule has 1 aliphatic carbocycles. The van der Waals surface area contributed by atoms with Crippen molar-refractivity contribution in [3.05, 3.63) is 0 Å². The maximum atomic E-state index is 12.3. The molecule has 1 N–H and O–H groups in total. The number of carboxylic acids is 1. The Labute approximate surface area is 108 Å². The minimum absolute atomic E-state index is 0.0456. The van der Waals surface area contributed by atoms with Crippen LogP contribution in [0.25, 0.3) is 0 Å². The van der Waals surface area contributed by atoms with Gasteiger partial charge >= 0.3 is 5.97 Å². The van der Waals surface area contributed by atoms with Gasteiger partial charge < -0.3 is 10.0 Å². The summed E-state index contributed by atoms with van der Waals surface area (Å²) in [5, 5.41) is 9.11. The minimum Gasteiger partial charge on any atom is -0.480 e. The van der Waals surface area contributed by atoms with E-state index in [2.05, 4.69) is 6.92 Å². The van der Waals surface area contributed by atoms with Crippen LogP contribution in [0.3, 0.4) is 0 Å². The van der Waals surface area contributed by atoms with Gasteiger partial charge in [-0.25, -0.2) is 4.79 Å². The third-order valence-corrected chi connectivity index (χ3v) is 4.50. The van der Waals surface area contributed by atoms with Crippen LogP contribution < -0.4 is 0 Å². The number of likely N-dealkylation sites (tertiary alicyclic amines) is 1. The fraction of sp³-hybridized carbons (Fsp3) is 0.857. The molecule has 1 atom stereocenters. The Kier molecular flexibility index (Phi) is 3.93. The van der Waals surface area contributed by atoms with E-state index in [0.717, 1.165) is 19.3 Å². The molecule has 1 heterocycles. The van der Waals surface area contributed by atoms with Gasteiger partial charge in [0.25, 0.3) is 0 Å². The lowest BCUT2D eigenvalue weighted by Gasteiger charge is -2.35. The van der Waals surface area contributed by atoms with Crippen LogP contribution in [0.4, 0.5) is 0 Å². The second kappa shape index (κ2) is 5.29. The third-order valence-electron chi connectivity index (χ3n) is 4.50. The molecule has 18 heavy (non-hydrogen) atoms. The van der Waals surface area contributed by atoms with Gasteiger partial charge in [-0.3, -0.25) is 4.79 Å². The van der Waals surface area contributed by atoms with Crippen molar-refractivity contribution < 1.29 is 14.7 Å². The van der Waals surface area contributed by atoms with E-state index < -0.39 is 12.0 Å². The van der Waals surface area contributed by atoms with Crippen molar-refractivity contribution >= 4 is 11.9 Å². The number of hydrogen-bond acceptors (Lipinski definition) is 2. The number of nitrogens with zero attached hydrogens (tertiary/aromatic N) is 1. The predicted molar refractivity (Wildman–Crippen MR) is 68.2 cm³/mol. The Morgan fingerprint density at radius 3 is 2.50 bits per heavy atom. The largest absolute Gasteiger partial charge is 0.480 e. The van der Waals surface area contributed by atoms with E-state index in [9.17, 15) is 9.59 Å². The summed E-state index contributed by atoms with van der Waals surface area (Å²) in [6.07, 6.45) is 7.83. The summed E-state index contributed by atoms with van der Waals surface area (Å²) < 4.78 is 0. The van der Waals surface area contributed by atoms with Gasteiger partial charge in [0.15, 0.2) is 0 Å². The predicted octanol–water partition coefficient (Wildman–Crippen LogP) is 2.42. The first-order valence-electron chi connectivity index (χ1n) is 7.04. The van der Waals surface area contributed by atoms with E-state index in [4.69, 9.17) is 5.11 Å². The summed E-state index contributed by atoms with van der Waals surface area (Å²) in [7, 11) is 0. The minimum atomic E-state index is -0.852. The molecule has 0 radical (unpaired) electrons. The van der Waals surface area contributed by atoms with Crippen LogP contribution in [-0.2, 0) is 9.59 Å². The van der Waals surface area contributed by atoms with Gasteiger partial charge in [-0.2, -0.15) is 0 Å². The van der Waals surface area contributed by atoms with Gasteiger partial charge in [-0.05, 0) is 31.1 Å². The Bertz CT molecular complexity index is 334. The topological polar surface area (TPSA) is 57.6 Å². The van der Waals surface area contributed by atoms with E-state index in [-0.39, 0.29) is 11.3 Å². The van der Waals surface area contributed by atoms with E-state index in [1.807, 2.05) is 0 Å². The zero-order valence-electron chi connectivity index (χ0n) is 11.2. The average molecular weight is 253 g/mol. The van der Waals surface area contributed by atoms with Crippen LogP contribution in [0.5, 0.6) is 0 Å². The number of rotatable bonds is 3. The molecule has 102 valence electrons. The molecule has 2 rings (SSSR count). The molecule has 0 bridgehead atoms. The van der Waals surface area contributed by atoms with Crippen LogP contribution in [0, 0.1) is 5.41 Å². The molecular formula is C14H23NO3. The second-order valence-electron chi connectivity index (χ2n) is 6.13. The standard InChI is InChI=1S/C14H23NO3/c1-14(7-3-2-4-8-14)10-12(16)15-9-5-6-11(15)13(17)18/h11H,2-10H2,1H3,(H,17,18)/t11-/m1/s1. The number of carbonyl (C=O) groups is 2. The highest BCUT2D eigenvalue weighted by atomic mass is 16.4. The van der Waals surface area contributed by atoms with Crippen LogP contribution in [-0.4, -0.2) is 34.5 Å². The Morgan fingerprint density at radius 1 is 1.22 bits per heavy atom. The normalized spacial score (nSPS) is 27.2. The van der Waals surface area contributed by atoms with Crippen molar-refractivity contribution in [2.24, 2.45) is 5.41 Å². The fourth-order valence-electron chi connectivity index (χ4n) is 3.37. The van der Waals surface area contributed by atoms with E-state index in [1.165, 1.54) is 19.3 Å². The Morgan fingerprint density at radius 2 is 1.89 bits per heavy atom. The van der Waals surface area contributed by atoms with Gasteiger partial charge in [-0.15, -0.1) is 0 Å². The fourth-order valence-corrected chi connectivity index (χ4v) is 3.37. The molecule has 4 nitrogen and oxygen atoms in total. The number of hydrogen-bond donors (Lipinski definition) is 1. The van der Waals surface area contributed by atoms with Crippen LogP contribution in [0.1, 0.15) is 58.3 Å². The van der Waals surface area contributed by atoms with E-state index >= 15 is 0 Å². The maximum Gasteiger partial charge on any atom is 0.326 e. The average Bonchev–Trinajstić information content (AvgIpc) is 2.78. The van der Waals surface area contributed by atoms with Crippen molar-refractivity contribution in [3.63, 3.8) is 0 Å². The first-order valence-corrected chi connectivity index (χ1v) is 7.04. The molecule has 2 aliphatic rings. The van der Waals surface area contributed by atoms with Crippen molar-refractivity contribution in [2.75, 3.05) is 6.54 Å². The molecule has 1 aliphatic heterocycles. The summed E-state index contributed by atoms with van der Waals surface area (Å²) in [5.74, 6) is -0.807. The quantitative estimate of drug-likeness (QED) is 0.840. The van der Waals surface area contributed by atoms with Gasteiger partial charge in [0, 0.05) is 13.0 Å². The first kappa shape index (κ1) is 13.4. The van der Waals surface area contributed by atoms with Crippen molar-refractivity contribution in [2.45, 2.75) is 64.3 Å². The molecular weight excluding hydrogens is 230 g/mol. The summed E-state index contributed by atoms with van der Waals surface area (Å²) in [6, 6.07) is -0.579. The first-order chi connectivity index (χ1) is 8.52. The monoisotopic (exact) mass is 253 g/mol. The molecule has 1 saturated carbocycles. The second-order valence-corrected chi connectivity index (χ2v) is 6.13. The third kappa shape index (κ3) is 2.85. The highest BCUT2D eigenvalue weighted by Crippen LogP contribution is 2.39. The van der Waals surface area contributed by atoms with Crippen molar-refractivity contribution in [1.29, 1.82) is 0 Å². The number of amides is 1. The van der Waals surface area contributed by atoms with Crippen LogP contribution in [0.15, 0.2) is 0 Å². The highest BCUT2D eigenvalue weighted by molar-refractivity contribution is 5.84. The lowest BCUT2D eigenvalue weighted by Crippen LogP contribution is -2.42. The van der Waals surface area contributed by atoms with Crippen LogP contribution >= 0.6 is 0 Å². The summed E-state index contributed by atoms with van der Waals surface area (Å²) in [4.78, 5) is 25.0. The zero-order chi connectivity index (χ0) is 13.2. The van der Waals surface area contributed by atoms with Gasteiger partial charge in [-0.1, -0.05) is 26.2 Å². The lowest BCUT2D eigenvalue weighted by molar-refractivity contribution is -0.149. The highest BCUT2D eigenvalue weighted by Gasteiger charge is 2.37. The van der Waals surface area contributed by atoms with Gasteiger partial charge in [0.1, 0.15) is 6.04 Å². The number of carboxylic acid groups (broad SMARTS) is 1. The van der Waals surface area contributed by atoms with Crippen LogP contribution in [0.2, 0.25) is 0 Å². The number of aliphatic carboxylic acids is 1. The molecule has 0 spiro atoms. The molecule has 0 unspecified atom stereocenters. The molecule has 2 fully saturated rings. The molecule has 0 aromatic rings. The maximum absolute atomic E-state index is 12.3. The molecule has 1 saturated heterocycles. The molecule has 0 aromatic carbocycles. The van der Waals surface area contributed by atoms with E-state index in [1.54, 1.807) is 4.90 Å². The summed E-state index contributed by atoms with van der Waals surface area (Å²) in [6.45, 7) is 2.79. The van der Waals surface area contributed by atoms with Gasteiger partial charge in [0.05, 0.1) is 0 Å². The SMILES string of the molecule is CC1(CC(=O)N2CCC[C@@H]2C(=O)O)CCCCC1. The lowest BCUT2D eigenvalue weighted by atomic mass is 9.73. The molecule has 1 amide bonds.